The Hall–Kier alpha value is -2.31. The van der Waals surface area contributed by atoms with E-state index >= 15 is 0 Å². The number of aliphatic hydroxyl groups excluding tert-OH is 8. The maximum atomic E-state index is 13.2. The van der Waals surface area contributed by atoms with Gasteiger partial charge in [0.05, 0.1) is 32.0 Å². The Labute approximate surface area is 409 Å². The van der Waals surface area contributed by atoms with Crippen molar-refractivity contribution in [1.29, 1.82) is 0 Å². The van der Waals surface area contributed by atoms with Gasteiger partial charge in [0.1, 0.15) is 48.8 Å². The molecule has 0 aromatic heterocycles. The van der Waals surface area contributed by atoms with Gasteiger partial charge in [-0.05, 0) is 77.0 Å². The average molecular weight is 966 g/mol. The van der Waals surface area contributed by atoms with Gasteiger partial charge in [0, 0.05) is 6.42 Å². The first kappa shape index (κ1) is 61.8. The maximum absolute atomic E-state index is 13.2. The highest BCUT2D eigenvalue weighted by molar-refractivity contribution is 5.76. The monoisotopic (exact) mass is 966 g/mol. The summed E-state index contributed by atoms with van der Waals surface area (Å²) in [6.45, 7) is 2.72. The van der Waals surface area contributed by atoms with E-state index in [1.54, 1.807) is 6.08 Å². The topological polar surface area (TPSA) is 228 Å². The number of allylic oxidation sites excluding steroid dienone is 9. The Balaban J connectivity index is 1.87. The predicted octanol–water partition coefficient (Wildman–Crippen LogP) is 7.44. The molecule has 0 aromatic rings. The van der Waals surface area contributed by atoms with Gasteiger partial charge in [0.15, 0.2) is 12.6 Å². The molecule has 1 amide bonds. The molecule has 2 saturated heterocycles. The van der Waals surface area contributed by atoms with Crippen LogP contribution in [0.1, 0.15) is 181 Å². The number of hydrogen-bond acceptors (Lipinski definition) is 13. The Bertz CT molecular complexity index is 1370. The average Bonchev–Trinajstić information content (AvgIpc) is 3.34. The van der Waals surface area contributed by atoms with Gasteiger partial charge >= 0.3 is 0 Å². The first-order valence-corrected chi connectivity index (χ1v) is 26.5. The molecular formula is C54H95NO13. The molecule has 2 heterocycles. The van der Waals surface area contributed by atoms with E-state index in [1.165, 1.54) is 77.0 Å². The van der Waals surface area contributed by atoms with Crippen LogP contribution in [-0.2, 0) is 23.7 Å². The fourth-order valence-electron chi connectivity index (χ4n) is 8.29. The van der Waals surface area contributed by atoms with Crippen LogP contribution in [0, 0.1) is 0 Å². The van der Waals surface area contributed by atoms with Crippen molar-refractivity contribution in [2.75, 3.05) is 19.8 Å². The zero-order valence-electron chi connectivity index (χ0n) is 41.8. The molecule has 12 atom stereocenters. The van der Waals surface area contributed by atoms with E-state index in [9.17, 15) is 45.6 Å². The zero-order valence-corrected chi connectivity index (χ0v) is 41.8. The lowest BCUT2D eigenvalue weighted by molar-refractivity contribution is -0.359. The lowest BCUT2D eigenvalue weighted by Gasteiger charge is -2.46. The molecule has 2 aliphatic rings. The molecule has 14 nitrogen and oxygen atoms in total. The van der Waals surface area contributed by atoms with Crippen LogP contribution in [0.5, 0.6) is 0 Å². The summed E-state index contributed by atoms with van der Waals surface area (Å²) in [6, 6.07) is -0.946. The molecule has 0 bridgehead atoms. The van der Waals surface area contributed by atoms with Crippen molar-refractivity contribution in [3.05, 3.63) is 60.8 Å². The van der Waals surface area contributed by atoms with Gasteiger partial charge in [-0.1, -0.05) is 158 Å². The molecule has 0 aliphatic carbocycles. The summed E-state index contributed by atoms with van der Waals surface area (Å²) in [6.07, 6.45) is 32.5. The Morgan fingerprint density at radius 3 is 1.54 bits per heavy atom. The van der Waals surface area contributed by atoms with Crippen LogP contribution in [-0.4, -0.2) is 140 Å². The minimum atomic E-state index is -1.79. The highest BCUT2D eigenvalue weighted by Gasteiger charge is 2.51. The summed E-state index contributed by atoms with van der Waals surface area (Å²) in [7, 11) is 0. The number of ether oxygens (including phenoxy) is 4. The molecule has 14 heteroatoms. The second-order valence-electron chi connectivity index (χ2n) is 18.6. The lowest BCUT2D eigenvalue weighted by Crippen LogP contribution is -2.65. The van der Waals surface area contributed by atoms with E-state index in [1.807, 2.05) is 6.08 Å². The van der Waals surface area contributed by atoms with Crippen LogP contribution in [0.3, 0.4) is 0 Å². The predicted molar refractivity (Wildman–Crippen MR) is 267 cm³/mol. The van der Waals surface area contributed by atoms with Gasteiger partial charge < -0.3 is 65.1 Å². The number of carbonyl (C=O) groups excluding carboxylic acids is 1. The number of aliphatic hydroxyl groups is 8. The van der Waals surface area contributed by atoms with Crippen LogP contribution in [0.2, 0.25) is 0 Å². The summed E-state index contributed by atoms with van der Waals surface area (Å²) in [5.41, 5.74) is 0. The number of hydrogen-bond donors (Lipinski definition) is 9. The van der Waals surface area contributed by atoms with Crippen LogP contribution in [0.15, 0.2) is 60.8 Å². The third-order valence-electron chi connectivity index (χ3n) is 12.7. The SMILES string of the molecule is CCCCCC/C=C\C/C=C\CCCCCCCC(=O)NC(COC1OC(CO)C(OC2OC(CO)C(O)C(O)C2O)C(O)C1O)C(O)/C=C/CC/C=C/CC/C=C/CCCCCCCCCC. The van der Waals surface area contributed by atoms with E-state index in [-0.39, 0.29) is 18.9 Å². The normalized spacial score (nSPS) is 26.9. The van der Waals surface area contributed by atoms with E-state index in [2.05, 4.69) is 67.8 Å². The maximum Gasteiger partial charge on any atom is 0.220 e. The fraction of sp³-hybridized carbons (Fsp3) is 0.796. The second kappa shape index (κ2) is 40.3. The van der Waals surface area contributed by atoms with Crippen LogP contribution in [0.25, 0.3) is 0 Å². The molecule has 2 aliphatic heterocycles. The van der Waals surface area contributed by atoms with Gasteiger partial charge in [-0.2, -0.15) is 0 Å². The number of rotatable bonds is 40. The molecule has 0 radical (unpaired) electrons. The van der Waals surface area contributed by atoms with Crippen molar-refractivity contribution in [3.63, 3.8) is 0 Å². The van der Waals surface area contributed by atoms with Gasteiger partial charge in [0.25, 0.3) is 0 Å². The van der Waals surface area contributed by atoms with E-state index in [0.717, 1.165) is 70.6 Å². The smallest absolute Gasteiger partial charge is 0.220 e. The molecule has 2 rings (SSSR count). The highest BCUT2D eigenvalue weighted by Crippen LogP contribution is 2.30. The number of nitrogens with one attached hydrogen (secondary N) is 1. The molecule has 68 heavy (non-hydrogen) atoms. The van der Waals surface area contributed by atoms with E-state index < -0.39 is 86.8 Å². The summed E-state index contributed by atoms with van der Waals surface area (Å²) in [5.74, 6) is -0.270. The molecule has 2 fully saturated rings. The number of amides is 1. The first-order valence-electron chi connectivity index (χ1n) is 26.5. The summed E-state index contributed by atoms with van der Waals surface area (Å²) in [5, 5.41) is 86.8. The molecule has 9 N–H and O–H groups in total. The van der Waals surface area contributed by atoms with Crippen molar-refractivity contribution >= 4 is 5.91 Å². The number of carbonyl (C=O) groups is 1. The molecule has 394 valence electrons. The summed E-state index contributed by atoms with van der Waals surface area (Å²) >= 11 is 0. The van der Waals surface area contributed by atoms with Gasteiger partial charge in [-0.3, -0.25) is 4.79 Å². The van der Waals surface area contributed by atoms with Crippen molar-refractivity contribution in [2.24, 2.45) is 0 Å². The fourth-order valence-corrected chi connectivity index (χ4v) is 8.29. The van der Waals surface area contributed by atoms with Crippen LogP contribution >= 0.6 is 0 Å². The van der Waals surface area contributed by atoms with Gasteiger partial charge in [0.2, 0.25) is 5.91 Å². The van der Waals surface area contributed by atoms with E-state index in [4.69, 9.17) is 18.9 Å². The zero-order chi connectivity index (χ0) is 49.6. The quantitative estimate of drug-likeness (QED) is 0.0215. The van der Waals surface area contributed by atoms with Gasteiger partial charge in [-0.25, -0.2) is 0 Å². The first-order chi connectivity index (χ1) is 33.1. The van der Waals surface area contributed by atoms with Crippen molar-refractivity contribution in [3.8, 4) is 0 Å². The minimum Gasteiger partial charge on any atom is -0.394 e. The van der Waals surface area contributed by atoms with Crippen molar-refractivity contribution in [1.82, 2.24) is 5.32 Å². The van der Waals surface area contributed by atoms with Crippen LogP contribution < -0.4 is 5.32 Å². The summed E-state index contributed by atoms with van der Waals surface area (Å²) in [4.78, 5) is 13.2. The Kier molecular flexibility index (Phi) is 36.6. The largest absolute Gasteiger partial charge is 0.394 e. The third kappa shape index (κ3) is 26.8. The number of unbranched alkanes of at least 4 members (excludes halogenated alkanes) is 19. The van der Waals surface area contributed by atoms with E-state index in [0.29, 0.717) is 12.8 Å². The minimum absolute atomic E-state index is 0.252. The highest BCUT2D eigenvalue weighted by atomic mass is 16.7. The lowest BCUT2D eigenvalue weighted by atomic mass is 9.97. The van der Waals surface area contributed by atoms with Crippen molar-refractivity contribution < 1.29 is 64.6 Å². The third-order valence-corrected chi connectivity index (χ3v) is 12.7. The van der Waals surface area contributed by atoms with Crippen LogP contribution in [0.4, 0.5) is 0 Å². The second-order valence-corrected chi connectivity index (χ2v) is 18.6. The Morgan fingerprint density at radius 1 is 0.529 bits per heavy atom. The molecule has 12 unspecified atom stereocenters. The molecule has 0 saturated carbocycles. The molecule has 0 spiro atoms. The summed E-state index contributed by atoms with van der Waals surface area (Å²) < 4.78 is 22.7. The standard InChI is InChI=1S/C54H95NO13/c1-3-5-7-9-11-13-15-17-19-21-22-23-25-27-29-31-33-35-37-43(58)42(55-46(59)38-36-34-32-30-28-26-24-20-18-16-14-12-10-8-6-4-2)41-65-53-51(64)49(62)52(45(40-57)67-53)68-54-50(63)48(61)47(60)44(39-56)66-54/h14,16,20-22,24,27,29,35,37,42-45,47-54,56-58,60-64H,3-13,15,17-19,23,25-26,28,30-34,36,38-41H2,1-2H3,(H,55,59)/b16-14-,22-21+,24-20-,29-27+,37-35+. The molecule has 0 aromatic carbocycles. The van der Waals surface area contributed by atoms with Gasteiger partial charge in [-0.15, -0.1) is 0 Å². The molecular weight excluding hydrogens is 871 g/mol. The van der Waals surface area contributed by atoms with Crippen molar-refractivity contribution in [2.45, 2.75) is 254 Å². The Morgan fingerprint density at radius 2 is 0.985 bits per heavy atom.